The van der Waals surface area contributed by atoms with Crippen LogP contribution in [0.15, 0.2) is 56.8 Å². The highest BCUT2D eigenvalue weighted by atomic mass is 79.9. The molecule has 0 aliphatic heterocycles. The first-order valence-electron chi connectivity index (χ1n) is 7.56. The van der Waals surface area contributed by atoms with Gasteiger partial charge in [0.15, 0.2) is 0 Å². The third-order valence-electron chi connectivity index (χ3n) is 4.13. The topological polar surface area (TPSA) is 77.0 Å². The van der Waals surface area contributed by atoms with Gasteiger partial charge in [-0.15, -0.1) is 0 Å². The van der Waals surface area contributed by atoms with Crippen LogP contribution < -0.4 is 16.0 Å². The monoisotopic (exact) mass is 415 g/mol. The van der Waals surface area contributed by atoms with Gasteiger partial charge in [-0.25, -0.2) is 13.8 Å². The second-order valence-electron chi connectivity index (χ2n) is 5.63. The quantitative estimate of drug-likeness (QED) is 0.545. The number of H-pyrrole nitrogens is 1. The van der Waals surface area contributed by atoms with E-state index in [0.29, 0.717) is 11.1 Å². The first-order chi connectivity index (χ1) is 12.5. The van der Waals surface area contributed by atoms with Crippen LogP contribution >= 0.6 is 15.9 Å². The molecule has 8 heteroatoms. The molecule has 0 aliphatic carbocycles. The van der Waals surface area contributed by atoms with Crippen molar-refractivity contribution in [1.29, 1.82) is 0 Å². The summed E-state index contributed by atoms with van der Waals surface area (Å²) in [6.07, 6.45) is 3.04. The van der Waals surface area contributed by atoms with Crippen molar-refractivity contribution in [3.05, 3.63) is 73.9 Å². The minimum absolute atomic E-state index is 0.0604. The number of benzene rings is 2. The van der Waals surface area contributed by atoms with Gasteiger partial charge in [-0.05, 0) is 46.3 Å². The van der Waals surface area contributed by atoms with Crippen molar-refractivity contribution in [1.82, 2.24) is 14.5 Å². The lowest BCUT2D eigenvalue weighted by molar-refractivity contribution is 0.415. The van der Waals surface area contributed by atoms with Crippen molar-refractivity contribution < 1.29 is 9.13 Å². The summed E-state index contributed by atoms with van der Waals surface area (Å²) >= 11 is 3.05. The number of nitrogens with one attached hydrogen (secondary N) is 1. The molecule has 2 aromatic carbocycles. The molecule has 0 amide bonds. The fourth-order valence-corrected chi connectivity index (χ4v) is 3.21. The average Bonchev–Trinajstić information content (AvgIpc) is 2.63. The number of hydrogen-bond acceptors (Lipinski definition) is 4. The van der Waals surface area contributed by atoms with E-state index < -0.39 is 17.1 Å². The second kappa shape index (κ2) is 6.06. The summed E-state index contributed by atoms with van der Waals surface area (Å²) in [6, 6.07) is 7.70. The minimum Gasteiger partial charge on any atom is -0.497 e. The Morgan fingerprint density at radius 1 is 1.15 bits per heavy atom. The van der Waals surface area contributed by atoms with Crippen LogP contribution in [-0.2, 0) is 0 Å². The van der Waals surface area contributed by atoms with E-state index in [0.717, 1.165) is 16.0 Å². The van der Waals surface area contributed by atoms with Gasteiger partial charge in [0.05, 0.1) is 34.4 Å². The van der Waals surface area contributed by atoms with E-state index in [1.54, 1.807) is 24.4 Å². The molecule has 0 bridgehead atoms. The summed E-state index contributed by atoms with van der Waals surface area (Å²) < 4.78 is 20.2. The molecule has 4 rings (SSSR count). The smallest absolute Gasteiger partial charge is 0.333 e. The molecule has 0 saturated carbocycles. The van der Waals surface area contributed by atoms with Crippen molar-refractivity contribution in [3.8, 4) is 11.4 Å². The highest BCUT2D eigenvalue weighted by molar-refractivity contribution is 9.10. The average molecular weight is 416 g/mol. The normalized spacial score (nSPS) is 11.2. The minimum atomic E-state index is -0.641. The maximum Gasteiger partial charge on any atom is 0.333 e. The van der Waals surface area contributed by atoms with Crippen molar-refractivity contribution in [3.63, 3.8) is 0 Å². The summed E-state index contributed by atoms with van der Waals surface area (Å²) in [5.74, 6) is -0.0175. The number of halogens is 2. The standard InChI is InChI=1S/C18H11BrFN3O3/c1-26-10-3-2-9-7-21-8-16(11(9)4-10)23-17(24)12-5-14(20)13(19)6-15(12)22-18(23)25/h2-8H,1H3,(H,22,25). The van der Waals surface area contributed by atoms with Crippen LogP contribution in [0.1, 0.15) is 0 Å². The first-order valence-corrected chi connectivity index (χ1v) is 8.35. The Morgan fingerprint density at radius 2 is 1.96 bits per heavy atom. The van der Waals surface area contributed by atoms with Crippen LogP contribution in [0, 0.1) is 5.82 Å². The molecule has 0 saturated heterocycles. The molecular formula is C18H11BrFN3O3. The summed E-state index contributed by atoms with van der Waals surface area (Å²) in [5, 5.41) is 1.41. The number of nitrogens with zero attached hydrogens (tertiary/aromatic N) is 2. The van der Waals surface area contributed by atoms with Crippen molar-refractivity contribution in [2.24, 2.45) is 0 Å². The highest BCUT2D eigenvalue weighted by Gasteiger charge is 2.15. The summed E-state index contributed by atoms with van der Waals surface area (Å²) in [5.41, 5.74) is -0.737. The van der Waals surface area contributed by atoms with Gasteiger partial charge in [0, 0.05) is 17.0 Å². The van der Waals surface area contributed by atoms with Crippen molar-refractivity contribution in [2.45, 2.75) is 0 Å². The molecule has 0 radical (unpaired) electrons. The maximum absolute atomic E-state index is 13.9. The Morgan fingerprint density at radius 3 is 2.73 bits per heavy atom. The van der Waals surface area contributed by atoms with Gasteiger partial charge in [-0.2, -0.15) is 0 Å². The summed E-state index contributed by atoms with van der Waals surface area (Å²) in [4.78, 5) is 32.2. The van der Waals surface area contributed by atoms with Gasteiger partial charge >= 0.3 is 5.69 Å². The second-order valence-corrected chi connectivity index (χ2v) is 6.48. The highest BCUT2D eigenvalue weighted by Crippen LogP contribution is 2.25. The van der Waals surface area contributed by atoms with E-state index in [4.69, 9.17) is 4.74 Å². The van der Waals surface area contributed by atoms with E-state index >= 15 is 0 Å². The van der Waals surface area contributed by atoms with Crippen LogP contribution in [0.2, 0.25) is 0 Å². The third kappa shape index (κ3) is 2.50. The molecule has 0 atom stereocenters. The Hall–Kier alpha value is -3.00. The predicted molar refractivity (Wildman–Crippen MR) is 99.7 cm³/mol. The largest absolute Gasteiger partial charge is 0.497 e. The first kappa shape index (κ1) is 16.5. The molecule has 6 nitrogen and oxygen atoms in total. The molecule has 4 aromatic rings. The molecule has 0 aliphatic rings. The number of pyridine rings is 1. The molecule has 2 aromatic heterocycles. The number of fused-ring (bicyclic) bond motifs is 2. The van der Waals surface area contributed by atoms with Gasteiger partial charge in [0.25, 0.3) is 5.56 Å². The maximum atomic E-state index is 13.9. The van der Waals surface area contributed by atoms with Crippen LogP contribution in [0.5, 0.6) is 5.75 Å². The Labute approximate surface area is 154 Å². The number of aromatic nitrogens is 3. The molecule has 2 heterocycles. The Balaban J connectivity index is 2.13. The fraction of sp³-hybridized carbons (Fsp3) is 0.0556. The number of ether oxygens (including phenoxy) is 1. The van der Waals surface area contributed by atoms with Crippen LogP contribution in [0.3, 0.4) is 0 Å². The summed E-state index contributed by atoms with van der Waals surface area (Å²) in [7, 11) is 1.53. The van der Waals surface area contributed by atoms with Crippen LogP contribution in [-0.4, -0.2) is 21.6 Å². The molecule has 1 N–H and O–H groups in total. The Bertz CT molecular complexity index is 1300. The lowest BCUT2D eigenvalue weighted by Crippen LogP contribution is -2.33. The van der Waals surface area contributed by atoms with Gasteiger partial charge in [-0.1, -0.05) is 0 Å². The third-order valence-corrected chi connectivity index (χ3v) is 4.73. The molecule has 0 fully saturated rings. The number of aromatic amines is 1. The SMILES string of the molecule is COc1ccc2cncc(-n3c(=O)[nH]c4cc(Br)c(F)cc4c3=O)c2c1. The van der Waals surface area contributed by atoms with Gasteiger partial charge in [0.1, 0.15) is 11.6 Å². The zero-order chi connectivity index (χ0) is 18.4. The van der Waals surface area contributed by atoms with Crippen LogP contribution in [0.4, 0.5) is 4.39 Å². The van der Waals surface area contributed by atoms with E-state index in [2.05, 4.69) is 25.9 Å². The fourth-order valence-electron chi connectivity index (χ4n) is 2.86. The number of hydrogen-bond donors (Lipinski definition) is 1. The van der Waals surface area contributed by atoms with Gasteiger partial charge < -0.3 is 9.72 Å². The van der Waals surface area contributed by atoms with Crippen LogP contribution in [0.25, 0.3) is 27.4 Å². The van der Waals surface area contributed by atoms with Crippen molar-refractivity contribution in [2.75, 3.05) is 7.11 Å². The lowest BCUT2D eigenvalue weighted by atomic mass is 10.1. The van der Waals surface area contributed by atoms with E-state index in [1.807, 2.05) is 0 Å². The number of methoxy groups -OCH3 is 1. The van der Waals surface area contributed by atoms with E-state index in [-0.39, 0.29) is 21.1 Å². The summed E-state index contributed by atoms with van der Waals surface area (Å²) in [6.45, 7) is 0. The zero-order valence-electron chi connectivity index (χ0n) is 13.4. The Kier molecular flexibility index (Phi) is 3.84. The number of rotatable bonds is 2. The zero-order valence-corrected chi connectivity index (χ0v) is 15.0. The molecule has 130 valence electrons. The van der Waals surface area contributed by atoms with E-state index in [1.165, 1.54) is 19.4 Å². The van der Waals surface area contributed by atoms with Crippen molar-refractivity contribution >= 4 is 37.6 Å². The molecular weight excluding hydrogens is 405 g/mol. The van der Waals surface area contributed by atoms with Gasteiger partial charge in [0.2, 0.25) is 0 Å². The molecule has 0 spiro atoms. The lowest BCUT2D eigenvalue weighted by Gasteiger charge is -2.10. The van der Waals surface area contributed by atoms with Gasteiger partial charge in [-0.3, -0.25) is 9.78 Å². The predicted octanol–water partition coefficient (Wildman–Crippen LogP) is 3.14. The molecule has 0 unspecified atom stereocenters. The van der Waals surface area contributed by atoms with E-state index in [9.17, 15) is 14.0 Å². The molecule has 26 heavy (non-hydrogen) atoms.